The number of carbonyl (C=O) groups excluding carboxylic acids is 2. The quantitative estimate of drug-likeness (QED) is 0.164. The van der Waals surface area contributed by atoms with E-state index in [-0.39, 0.29) is 11.3 Å². The van der Waals surface area contributed by atoms with Gasteiger partial charge < -0.3 is 14.7 Å². The van der Waals surface area contributed by atoms with Gasteiger partial charge in [0.05, 0.1) is 18.2 Å². The van der Waals surface area contributed by atoms with Crippen molar-refractivity contribution in [3.05, 3.63) is 107 Å². The fourth-order valence-electron chi connectivity index (χ4n) is 4.51. The highest BCUT2D eigenvalue weighted by atomic mass is 16.5. The van der Waals surface area contributed by atoms with Crippen LogP contribution >= 0.6 is 0 Å². The zero-order chi connectivity index (χ0) is 25.5. The number of aliphatic hydroxyl groups excluding tert-OH is 1. The third-order valence-corrected chi connectivity index (χ3v) is 6.60. The van der Waals surface area contributed by atoms with Gasteiger partial charge in [0.25, 0.3) is 11.7 Å². The maximum atomic E-state index is 13.3. The first-order valence-electron chi connectivity index (χ1n) is 12.7. The molecular formula is C31H33NO4. The third kappa shape index (κ3) is 5.51. The van der Waals surface area contributed by atoms with Gasteiger partial charge in [-0.1, -0.05) is 87.0 Å². The van der Waals surface area contributed by atoms with Gasteiger partial charge in [-0.2, -0.15) is 0 Å². The first-order chi connectivity index (χ1) is 17.5. The molecule has 1 atom stereocenters. The molecule has 1 heterocycles. The van der Waals surface area contributed by atoms with E-state index in [1.165, 1.54) is 0 Å². The fraction of sp³-hybridized carbons (Fsp3) is 0.290. The van der Waals surface area contributed by atoms with Gasteiger partial charge in [-0.25, -0.2) is 0 Å². The normalized spacial score (nSPS) is 16.9. The number of hydrogen-bond donors (Lipinski definition) is 1. The maximum Gasteiger partial charge on any atom is 0.295 e. The molecule has 5 nitrogen and oxygen atoms in total. The lowest BCUT2D eigenvalue weighted by Crippen LogP contribution is -2.31. The van der Waals surface area contributed by atoms with E-state index >= 15 is 0 Å². The molecule has 1 fully saturated rings. The van der Waals surface area contributed by atoms with E-state index in [4.69, 9.17) is 4.74 Å². The minimum atomic E-state index is -0.664. The Kier molecular flexibility index (Phi) is 8.21. The second kappa shape index (κ2) is 11.7. The number of likely N-dealkylation sites (tertiary alicyclic amines) is 1. The molecule has 0 saturated carbocycles. The zero-order valence-electron chi connectivity index (χ0n) is 20.9. The molecule has 3 aromatic rings. The van der Waals surface area contributed by atoms with Crippen LogP contribution < -0.4 is 4.74 Å². The number of aryl methyl sites for hydroxylation is 1. The lowest BCUT2D eigenvalue weighted by molar-refractivity contribution is -0.139. The number of aliphatic hydroxyl groups is 1. The van der Waals surface area contributed by atoms with Gasteiger partial charge in [-0.05, 0) is 48.1 Å². The number of ketones is 1. The Hall–Kier alpha value is -3.86. The van der Waals surface area contributed by atoms with Crippen molar-refractivity contribution >= 4 is 17.4 Å². The molecule has 0 bridgehead atoms. The molecule has 1 unspecified atom stereocenters. The summed E-state index contributed by atoms with van der Waals surface area (Å²) in [5.41, 5.74) is 3.62. The number of ether oxygens (including phenoxy) is 1. The molecule has 186 valence electrons. The molecular weight excluding hydrogens is 450 g/mol. The molecule has 0 radical (unpaired) electrons. The van der Waals surface area contributed by atoms with E-state index in [0.717, 1.165) is 36.0 Å². The van der Waals surface area contributed by atoms with Crippen LogP contribution in [0.4, 0.5) is 0 Å². The number of benzene rings is 3. The number of rotatable bonds is 10. The fourth-order valence-corrected chi connectivity index (χ4v) is 4.51. The minimum Gasteiger partial charge on any atom is -0.507 e. The topological polar surface area (TPSA) is 66.8 Å². The van der Waals surface area contributed by atoms with Crippen LogP contribution in [0.25, 0.3) is 5.76 Å². The van der Waals surface area contributed by atoms with E-state index in [1.807, 2.05) is 60.7 Å². The molecule has 0 aromatic heterocycles. The standard InChI is InChI=1S/C31H33NO4/c1-3-5-20-36-26-13-9-12-25(21-26)29(33)27-28(24-16-14-22(4-2)15-17-24)32(31(35)30(27)34)19-18-23-10-7-6-8-11-23/h6-17,21,28,33H,3-5,18-20H2,1-2H3. The second-order valence-corrected chi connectivity index (χ2v) is 9.05. The first-order valence-corrected chi connectivity index (χ1v) is 12.7. The number of carbonyl (C=O) groups is 2. The SMILES string of the molecule is CCCCOc1cccc(C(O)=C2C(=O)C(=O)N(CCc3ccccc3)C2c2ccc(CC)cc2)c1. The van der Waals surface area contributed by atoms with Gasteiger partial charge >= 0.3 is 0 Å². The number of nitrogens with zero attached hydrogens (tertiary/aromatic N) is 1. The molecule has 36 heavy (non-hydrogen) atoms. The Morgan fingerprint density at radius 2 is 1.67 bits per heavy atom. The van der Waals surface area contributed by atoms with E-state index in [2.05, 4.69) is 13.8 Å². The molecule has 1 saturated heterocycles. The molecule has 1 N–H and O–H groups in total. The number of hydrogen-bond acceptors (Lipinski definition) is 4. The van der Waals surface area contributed by atoms with Crippen molar-refractivity contribution in [3.63, 3.8) is 0 Å². The summed E-state index contributed by atoms with van der Waals surface area (Å²) in [7, 11) is 0. The van der Waals surface area contributed by atoms with Crippen molar-refractivity contribution < 1.29 is 19.4 Å². The van der Waals surface area contributed by atoms with E-state index in [9.17, 15) is 14.7 Å². The monoisotopic (exact) mass is 483 g/mol. The summed E-state index contributed by atoms with van der Waals surface area (Å²) >= 11 is 0. The smallest absolute Gasteiger partial charge is 0.295 e. The van der Waals surface area contributed by atoms with Crippen LogP contribution in [0.15, 0.2) is 84.4 Å². The van der Waals surface area contributed by atoms with E-state index < -0.39 is 17.7 Å². The van der Waals surface area contributed by atoms with Crippen molar-refractivity contribution in [1.29, 1.82) is 0 Å². The highest BCUT2D eigenvalue weighted by molar-refractivity contribution is 6.46. The first kappa shape index (κ1) is 25.2. The molecule has 0 aliphatic carbocycles. The van der Waals surface area contributed by atoms with Crippen LogP contribution in [-0.4, -0.2) is 34.8 Å². The number of unbranched alkanes of at least 4 members (excludes halogenated alkanes) is 1. The predicted octanol–water partition coefficient (Wildman–Crippen LogP) is 6.09. The lowest BCUT2D eigenvalue weighted by atomic mass is 9.94. The van der Waals surface area contributed by atoms with Gasteiger partial charge in [0, 0.05) is 12.1 Å². The summed E-state index contributed by atoms with van der Waals surface area (Å²) in [6.45, 7) is 5.12. The third-order valence-electron chi connectivity index (χ3n) is 6.60. The molecule has 5 heteroatoms. The van der Waals surface area contributed by atoms with Gasteiger partial charge in [-0.15, -0.1) is 0 Å². The number of amides is 1. The Morgan fingerprint density at radius 3 is 2.36 bits per heavy atom. The predicted molar refractivity (Wildman–Crippen MR) is 142 cm³/mol. The van der Waals surface area contributed by atoms with Gasteiger partial charge in [0.2, 0.25) is 0 Å². The molecule has 0 spiro atoms. The largest absolute Gasteiger partial charge is 0.507 e. The Bertz CT molecular complexity index is 1230. The summed E-state index contributed by atoms with van der Waals surface area (Å²) < 4.78 is 5.80. The van der Waals surface area contributed by atoms with Crippen LogP contribution in [-0.2, 0) is 22.4 Å². The van der Waals surface area contributed by atoms with Crippen LogP contribution in [0.1, 0.15) is 55.0 Å². The maximum absolute atomic E-state index is 13.3. The van der Waals surface area contributed by atoms with Gasteiger partial charge in [0.15, 0.2) is 0 Å². The van der Waals surface area contributed by atoms with Crippen LogP contribution in [0.5, 0.6) is 5.75 Å². The Labute approximate surface area is 213 Å². The highest BCUT2D eigenvalue weighted by Gasteiger charge is 2.45. The summed E-state index contributed by atoms with van der Waals surface area (Å²) in [6.07, 6.45) is 3.44. The highest BCUT2D eigenvalue weighted by Crippen LogP contribution is 2.40. The van der Waals surface area contributed by atoms with Crippen LogP contribution in [0.3, 0.4) is 0 Å². The molecule has 1 aliphatic rings. The minimum absolute atomic E-state index is 0.114. The van der Waals surface area contributed by atoms with Gasteiger partial charge in [-0.3, -0.25) is 9.59 Å². The van der Waals surface area contributed by atoms with Crippen LogP contribution in [0.2, 0.25) is 0 Å². The molecule has 1 amide bonds. The molecule has 3 aromatic carbocycles. The van der Waals surface area contributed by atoms with Crippen molar-refractivity contribution in [2.45, 2.75) is 45.6 Å². The van der Waals surface area contributed by atoms with Crippen molar-refractivity contribution in [2.24, 2.45) is 0 Å². The van der Waals surface area contributed by atoms with E-state index in [1.54, 1.807) is 23.1 Å². The number of Topliss-reactive ketones (excluding diaryl/α,β-unsaturated/α-hetero) is 1. The van der Waals surface area contributed by atoms with Crippen LogP contribution in [0, 0.1) is 0 Å². The van der Waals surface area contributed by atoms with Crippen molar-refractivity contribution in [1.82, 2.24) is 4.90 Å². The zero-order valence-corrected chi connectivity index (χ0v) is 20.9. The summed E-state index contributed by atoms with van der Waals surface area (Å²) in [4.78, 5) is 28.1. The average Bonchev–Trinajstić information content (AvgIpc) is 3.17. The Morgan fingerprint density at radius 1 is 0.917 bits per heavy atom. The second-order valence-electron chi connectivity index (χ2n) is 9.05. The summed E-state index contributed by atoms with van der Waals surface area (Å²) in [5, 5.41) is 11.4. The average molecular weight is 484 g/mol. The van der Waals surface area contributed by atoms with Crippen molar-refractivity contribution in [3.8, 4) is 5.75 Å². The molecule has 4 rings (SSSR count). The summed E-state index contributed by atoms with van der Waals surface area (Å²) in [6, 6.07) is 24.2. The molecule has 1 aliphatic heterocycles. The van der Waals surface area contributed by atoms with Gasteiger partial charge in [0.1, 0.15) is 11.5 Å². The van der Waals surface area contributed by atoms with E-state index in [0.29, 0.717) is 30.9 Å². The lowest BCUT2D eigenvalue weighted by Gasteiger charge is -2.25. The Balaban J connectivity index is 1.73. The van der Waals surface area contributed by atoms with Crippen molar-refractivity contribution in [2.75, 3.05) is 13.2 Å². The summed E-state index contributed by atoms with van der Waals surface area (Å²) in [5.74, 6) is -0.814.